The smallest absolute Gasteiger partial charge is 0.450 e. The summed E-state index contributed by atoms with van der Waals surface area (Å²) in [5.41, 5.74) is 0. The Morgan fingerprint density at radius 3 is 0.882 bits per heavy atom. The van der Waals surface area contributed by atoms with Crippen molar-refractivity contribution in [3.8, 4) is 0 Å². The van der Waals surface area contributed by atoms with Crippen molar-refractivity contribution in [3.05, 3.63) is 0 Å². The van der Waals surface area contributed by atoms with Crippen molar-refractivity contribution in [1.29, 1.82) is 0 Å². The Kier molecular flexibility index (Phi) is 39.8. The predicted molar refractivity (Wildman–Crippen MR) is 124 cm³/mol. The van der Waals surface area contributed by atoms with Gasteiger partial charge in [0.1, 0.15) is 0 Å². The number of carbonyl (C=O) groups is 4. The van der Waals surface area contributed by atoms with Gasteiger partial charge in [-0.2, -0.15) is 10.5 Å². The molecule has 0 spiro atoms. The lowest BCUT2D eigenvalue weighted by Gasteiger charge is -1.99. The summed E-state index contributed by atoms with van der Waals surface area (Å²) in [5.74, 6) is -1.04. The van der Waals surface area contributed by atoms with Crippen LogP contribution in [0.15, 0.2) is 0 Å². The summed E-state index contributed by atoms with van der Waals surface area (Å²) in [5, 5.41) is 43.8. The molecular weight excluding hydrogens is 456 g/mol. The third kappa shape index (κ3) is 63.0. The first kappa shape index (κ1) is 38.7. The average Bonchev–Trinajstić information content (AvgIpc) is 2.77. The zero-order valence-electron chi connectivity index (χ0n) is 20.4. The van der Waals surface area contributed by atoms with Crippen LogP contribution in [0.25, 0.3) is 0 Å². The van der Waals surface area contributed by atoms with E-state index in [1.807, 2.05) is 0 Å². The lowest BCUT2D eigenvalue weighted by Crippen LogP contribution is -1.99. The molecule has 0 heterocycles. The maximum atomic E-state index is 10.5. The minimum Gasteiger partial charge on any atom is -0.450 e. The van der Waals surface area contributed by atoms with Crippen molar-refractivity contribution in [3.63, 3.8) is 0 Å². The molecule has 0 amide bonds. The van der Waals surface area contributed by atoms with Crippen LogP contribution in [0, 0.1) is 0 Å². The van der Waals surface area contributed by atoms with Crippen LogP contribution in [0.3, 0.4) is 0 Å². The van der Waals surface area contributed by atoms with Crippen LogP contribution in [0.1, 0.15) is 117 Å². The second-order valence-electron chi connectivity index (χ2n) is 7.23. The number of carbonyl (C=O) groups excluding carboxylic acids is 2. The largest absolute Gasteiger partial charge is 0.503 e. The standard InChI is InChI=1S/2C10H20O3.2CH2O3/c2*1-2-3-4-5-6-7-8-9-10(11)13-12;2*2-1(3)4/h2*12H,2-9H2,1H3;2*(H2,2,3,4). The number of hydrogen-bond donors (Lipinski definition) is 6. The summed E-state index contributed by atoms with van der Waals surface area (Å²) in [6.45, 7) is 4.38. The monoisotopic (exact) mass is 500 g/mol. The van der Waals surface area contributed by atoms with Crippen molar-refractivity contribution in [1.82, 2.24) is 0 Å². The van der Waals surface area contributed by atoms with Gasteiger partial charge in [0.05, 0.1) is 0 Å². The van der Waals surface area contributed by atoms with E-state index in [0.29, 0.717) is 12.8 Å². The van der Waals surface area contributed by atoms with E-state index in [4.69, 9.17) is 40.5 Å². The fourth-order valence-corrected chi connectivity index (χ4v) is 2.54. The molecule has 12 nitrogen and oxygen atoms in total. The highest BCUT2D eigenvalue weighted by Crippen LogP contribution is 2.09. The Morgan fingerprint density at radius 2 is 0.676 bits per heavy atom. The van der Waals surface area contributed by atoms with E-state index in [1.165, 1.54) is 64.2 Å². The van der Waals surface area contributed by atoms with Crippen molar-refractivity contribution in [2.24, 2.45) is 0 Å². The van der Waals surface area contributed by atoms with Gasteiger partial charge < -0.3 is 30.2 Å². The van der Waals surface area contributed by atoms with Crippen LogP contribution in [0.2, 0.25) is 0 Å². The third-order valence-electron chi connectivity index (χ3n) is 4.17. The van der Waals surface area contributed by atoms with E-state index in [0.717, 1.165) is 25.7 Å². The summed E-state index contributed by atoms with van der Waals surface area (Å²) >= 11 is 0. The van der Waals surface area contributed by atoms with Crippen LogP contribution in [-0.4, -0.2) is 55.2 Å². The van der Waals surface area contributed by atoms with Crippen LogP contribution < -0.4 is 0 Å². The summed E-state index contributed by atoms with van der Waals surface area (Å²) < 4.78 is 0. The van der Waals surface area contributed by atoms with E-state index < -0.39 is 24.2 Å². The first-order valence-electron chi connectivity index (χ1n) is 11.6. The SMILES string of the molecule is CCCCCCCCCC(=O)OO.CCCCCCCCCC(=O)OO.O=C(O)O.O=C(O)O. The Hall–Kier alpha value is -2.60. The average molecular weight is 501 g/mol. The molecule has 0 bridgehead atoms. The highest BCUT2D eigenvalue weighted by Gasteiger charge is 2.01. The minimum absolute atomic E-state index is 0.338. The molecule has 0 aromatic carbocycles. The number of unbranched alkanes of at least 4 members (excludes halogenated alkanes) is 12. The quantitative estimate of drug-likeness (QED) is 0.0740. The number of carboxylic acid groups (broad SMARTS) is 4. The highest BCUT2D eigenvalue weighted by molar-refractivity contribution is 5.68. The minimum atomic E-state index is -1.83. The molecule has 0 aromatic heterocycles. The Morgan fingerprint density at radius 1 is 0.471 bits per heavy atom. The normalized spacial score (nSPS) is 9.06. The highest BCUT2D eigenvalue weighted by atomic mass is 17.1. The molecule has 0 saturated carbocycles. The summed E-state index contributed by atoms with van der Waals surface area (Å²) in [6, 6.07) is 0. The molecule has 0 saturated heterocycles. The van der Waals surface area contributed by atoms with Gasteiger partial charge in [0.2, 0.25) is 0 Å². The molecule has 12 heteroatoms. The van der Waals surface area contributed by atoms with Gasteiger partial charge in [-0.05, 0) is 12.8 Å². The van der Waals surface area contributed by atoms with Crippen molar-refractivity contribution in [2.75, 3.05) is 0 Å². The van der Waals surface area contributed by atoms with E-state index in [1.54, 1.807) is 0 Å². The fourth-order valence-electron chi connectivity index (χ4n) is 2.54. The third-order valence-corrected chi connectivity index (χ3v) is 4.17. The second-order valence-corrected chi connectivity index (χ2v) is 7.23. The fraction of sp³-hybridized carbons (Fsp3) is 0.818. The van der Waals surface area contributed by atoms with E-state index in [-0.39, 0.29) is 0 Å². The zero-order chi connectivity index (χ0) is 27.0. The van der Waals surface area contributed by atoms with Gasteiger partial charge >= 0.3 is 24.2 Å². The van der Waals surface area contributed by atoms with Gasteiger partial charge in [0.15, 0.2) is 0 Å². The zero-order valence-corrected chi connectivity index (χ0v) is 20.4. The molecule has 0 aliphatic rings. The van der Waals surface area contributed by atoms with Gasteiger partial charge in [-0.1, -0.05) is 90.9 Å². The molecule has 204 valence electrons. The van der Waals surface area contributed by atoms with Crippen molar-refractivity contribution in [2.45, 2.75) is 117 Å². The van der Waals surface area contributed by atoms with Gasteiger partial charge in [-0.25, -0.2) is 19.2 Å². The van der Waals surface area contributed by atoms with Gasteiger partial charge in [-0.15, -0.1) is 0 Å². The number of hydrogen-bond acceptors (Lipinski definition) is 8. The van der Waals surface area contributed by atoms with Crippen LogP contribution in [-0.2, 0) is 19.4 Å². The van der Waals surface area contributed by atoms with E-state index in [9.17, 15) is 9.59 Å². The molecule has 6 N–H and O–H groups in total. The van der Waals surface area contributed by atoms with E-state index >= 15 is 0 Å². The summed E-state index contributed by atoms with van der Waals surface area (Å²) in [4.78, 5) is 45.2. The lowest BCUT2D eigenvalue weighted by molar-refractivity contribution is -0.234. The first-order valence-corrected chi connectivity index (χ1v) is 11.6. The molecule has 0 radical (unpaired) electrons. The number of rotatable bonds is 16. The molecule has 0 fully saturated rings. The van der Waals surface area contributed by atoms with Crippen LogP contribution in [0.5, 0.6) is 0 Å². The second kappa shape index (κ2) is 35.0. The van der Waals surface area contributed by atoms with Crippen molar-refractivity contribution < 1.29 is 59.9 Å². The maximum absolute atomic E-state index is 10.5. The molecular formula is C22H44O12. The molecule has 0 aromatic rings. The summed E-state index contributed by atoms with van der Waals surface area (Å²) in [7, 11) is 0. The van der Waals surface area contributed by atoms with Gasteiger partial charge in [0.25, 0.3) is 0 Å². The van der Waals surface area contributed by atoms with Gasteiger partial charge in [0, 0.05) is 12.8 Å². The van der Waals surface area contributed by atoms with Crippen molar-refractivity contribution >= 4 is 24.2 Å². The lowest BCUT2D eigenvalue weighted by atomic mass is 10.1. The predicted octanol–water partition coefficient (Wildman–Crippen LogP) is 6.73. The molecule has 0 aliphatic carbocycles. The van der Waals surface area contributed by atoms with Crippen LogP contribution >= 0.6 is 0 Å². The Balaban J connectivity index is -0.000000201. The molecule has 34 heavy (non-hydrogen) atoms. The molecule has 0 rings (SSSR count). The maximum Gasteiger partial charge on any atom is 0.503 e. The first-order chi connectivity index (χ1) is 16.1. The summed E-state index contributed by atoms with van der Waals surface area (Å²) in [6.07, 6.45) is 13.3. The molecule has 0 unspecified atom stereocenters. The molecule has 0 aliphatic heterocycles. The molecule has 0 atom stereocenters. The Bertz CT molecular complexity index is 419. The Labute approximate surface area is 201 Å². The van der Waals surface area contributed by atoms with Gasteiger partial charge in [-0.3, -0.25) is 0 Å². The topological polar surface area (TPSA) is 208 Å². The van der Waals surface area contributed by atoms with E-state index in [2.05, 4.69) is 23.6 Å². The van der Waals surface area contributed by atoms with Crippen LogP contribution in [0.4, 0.5) is 9.59 Å².